The lowest BCUT2D eigenvalue weighted by molar-refractivity contribution is -0.127. The van der Waals surface area contributed by atoms with Gasteiger partial charge in [0, 0.05) is 11.1 Å². The summed E-state index contributed by atoms with van der Waals surface area (Å²) in [5, 5.41) is 10.3. The van der Waals surface area contributed by atoms with Crippen LogP contribution in [-0.4, -0.2) is 33.5 Å². The van der Waals surface area contributed by atoms with E-state index in [-0.39, 0.29) is 24.1 Å². The zero-order chi connectivity index (χ0) is 21.0. The quantitative estimate of drug-likeness (QED) is 0.568. The fraction of sp³-hybridized carbons (Fsp3) is 0.238. The van der Waals surface area contributed by atoms with Gasteiger partial charge in [-0.2, -0.15) is 5.10 Å². The molecule has 0 fully saturated rings. The van der Waals surface area contributed by atoms with E-state index in [1.165, 1.54) is 4.68 Å². The van der Waals surface area contributed by atoms with Gasteiger partial charge in [-0.1, -0.05) is 50.2 Å². The number of rotatable bonds is 7. The number of anilines is 1. The van der Waals surface area contributed by atoms with Crippen molar-refractivity contribution in [1.82, 2.24) is 15.1 Å². The number of hydrogen-bond donors (Lipinski definition) is 3. The Balaban J connectivity index is 1.75. The Hall–Kier alpha value is -3.68. The van der Waals surface area contributed by atoms with Gasteiger partial charge in [-0.15, -0.1) is 0 Å². The van der Waals surface area contributed by atoms with Crippen LogP contribution in [-0.2, 0) is 16.1 Å². The minimum atomic E-state index is -0.722. The van der Waals surface area contributed by atoms with E-state index >= 15 is 0 Å². The van der Waals surface area contributed by atoms with E-state index in [4.69, 9.17) is 5.73 Å². The maximum atomic E-state index is 12.6. The van der Waals surface area contributed by atoms with Crippen LogP contribution in [0.15, 0.2) is 54.6 Å². The van der Waals surface area contributed by atoms with Crippen LogP contribution in [0.25, 0.3) is 10.9 Å². The van der Waals surface area contributed by atoms with Gasteiger partial charge in [0.2, 0.25) is 11.8 Å². The molecule has 0 spiro atoms. The molecule has 150 valence electrons. The van der Waals surface area contributed by atoms with Gasteiger partial charge in [-0.25, -0.2) is 0 Å². The number of benzene rings is 2. The molecule has 0 aliphatic heterocycles. The molecule has 0 bridgehead atoms. The molecular formula is C21H23N5O3. The van der Waals surface area contributed by atoms with Crippen molar-refractivity contribution in [2.45, 2.75) is 26.4 Å². The Kier molecular flexibility index (Phi) is 5.92. The number of carbonyl (C=O) groups excluding carboxylic acids is 3. The molecule has 29 heavy (non-hydrogen) atoms. The molecule has 0 saturated heterocycles. The SMILES string of the molecule is CC(C)[C@H](NC(=O)Cn1nc(C(N)=O)c2ccccc21)C(=O)Nc1ccccc1. The number of fused-ring (bicyclic) bond motifs is 1. The fourth-order valence-corrected chi connectivity index (χ4v) is 3.06. The fourth-order valence-electron chi connectivity index (χ4n) is 3.06. The van der Waals surface area contributed by atoms with E-state index in [1.54, 1.807) is 36.4 Å². The highest BCUT2D eigenvalue weighted by Gasteiger charge is 2.25. The number of primary amides is 1. The van der Waals surface area contributed by atoms with Gasteiger partial charge in [-0.05, 0) is 24.1 Å². The molecule has 1 aromatic heterocycles. The predicted octanol–water partition coefficient (Wildman–Crippen LogP) is 1.91. The van der Waals surface area contributed by atoms with Crippen molar-refractivity contribution in [3.05, 3.63) is 60.3 Å². The summed E-state index contributed by atoms with van der Waals surface area (Å²) in [6.07, 6.45) is 0. The van der Waals surface area contributed by atoms with Crippen molar-refractivity contribution < 1.29 is 14.4 Å². The number of carbonyl (C=O) groups is 3. The average Bonchev–Trinajstić information content (AvgIpc) is 3.05. The number of nitrogens with two attached hydrogens (primary N) is 1. The lowest BCUT2D eigenvalue weighted by atomic mass is 10.0. The smallest absolute Gasteiger partial charge is 0.269 e. The van der Waals surface area contributed by atoms with E-state index in [0.717, 1.165) is 0 Å². The monoisotopic (exact) mass is 393 g/mol. The topological polar surface area (TPSA) is 119 Å². The van der Waals surface area contributed by atoms with Gasteiger partial charge in [0.15, 0.2) is 5.69 Å². The summed E-state index contributed by atoms with van der Waals surface area (Å²) in [4.78, 5) is 36.9. The van der Waals surface area contributed by atoms with E-state index in [0.29, 0.717) is 16.6 Å². The molecular weight excluding hydrogens is 370 g/mol. The number of nitrogens with zero attached hydrogens (tertiary/aromatic N) is 2. The average molecular weight is 393 g/mol. The lowest BCUT2D eigenvalue weighted by Crippen LogP contribution is -2.48. The van der Waals surface area contributed by atoms with Gasteiger partial charge in [0.05, 0.1) is 5.52 Å². The third-order valence-electron chi connectivity index (χ3n) is 4.49. The lowest BCUT2D eigenvalue weighted by Gasteiger charge is -2.22. The first kappa shape index (κ1) is 20.1. The van der Waals surface area contributed by atoms with Crippen molar-refractivity contribution in [3.8, 4) is 0 Å². The third-order valence-corrected chi connectivity index (χ3v) is 4.49. The highest BCUT2D eigenvalue weighted by Crippen LogP contribution is 2.18. The molecule has 0 unspecified atom stereocenters. The Labute approximate surface area is 168 Å². The van der Waals surface area contributed by atoms with Crippen molar-refractivity contribution in [1.29, 1.82) is 0 Å². The molecule has 3 amide bonds. The number of amides is 3. The van der Waals surface area contributed by atoms with E-state index in [1.807, 2.05) is 32.0 Å². The van der Waals surface area contributed by atoms with E-state index < -0.39 is 17.9 Å². The molecule has 4 N–H and O–H groups in total. The van der Waals surface area contributed by atoms with Crippen LogP contribution in [0.3, 0.4) is 0 Å². The van der Waals surface area contributed by atoms with E-state index in [2.05, 4.69) is 15.7 Å². The van der Waals surface area contributed by atoms with Gasteiger partial charge >= 0.3 is 0 Å². The van der Waals surface area contributed by atoms with Crippen LogP contribution in [0.4, 0.5) is 5.69 Å². The van der Waals surface area contributed by atoms with Crippen LogP contribution in [0.5, 0.6) is 0 Å². The molecule has 0 aliphatic rings. The summed E-state index contributed by atoms with van der Waals surface area (Å²) in [7, 11) is 0. The minimum Gasteiger partial charge on any atom is -0.364 e. The number of para-hydroxylation sites is 2. The second-order valence-electron chi connectivity index (χ2n) is 7.03. The normalized spacial score (nSPS) is 12.0. The van der Waals surface area contributed by atoms with Crippen molar-refractivity contribution in [3.63, 3.8) is 0 Å². The summed E-state index contributed by atoms with van der Waals surface area (Å²) >= 11 is 0. The first-order valence-corrected chi connectivity index (χ1v) is 9.27. The highest BCUT2D eigenvalue weighted by atomic mass is 16.2. The zero-order valence-electron chi connectivity index (χ0n) is 16.3. The van der Waals surface area contributed by atoms with Crippen LogP contribution < -0.4 is 16.4 Å². The van der Waals surface area contributed by atoms with Gasteiger partial charge in [0.25, 0.3) is 5.91 Å². The standard InChI is InChI=1S/C21H23N5O3/c1-13(2)18(21(29)23-14-8-4-3-5-9-14)24-17(27)12-26-16-11-7-6-10-15(16)19(25-26)20(22)28/h3-11,13,18H,12H2,1-2H3,(H2,22,28)(H,23,29)(H,24,27)/t18-/m0/s1. The molecule has 3 rings (SSSR count). The molecule has 0 saturated carbocycles. The van der Waals surface area contributed by atoms with Gasteiger partial charge in [0.1, 0.15) is 12.6 Å². The van der Waals surface area contributed by atoms with Crippen LogP contribution in [0.1, 0.15) is 24.3 Å². The summed E-state index contributed by atoms with van der Waals surface area (Å²) in [5.41, 5.74) is 6.77. The summed E-state index contributed by atoms with van der Waals surface area (Å²) in [5.74, 6) is -1.49. The van der Waals surface area contributed by atoms with Crippen LogP contribution >= 0.6 is 0 Å². The van der Waals surface area contributed by atoms with Crippen molar-refractivity contribution in [2.24, 2.45) is 11.7 Å². The Morgan fingerprint density at radius 1 is 1.03 bits per heavy atom. The van der Waals surface area contributed by atoms with Crippen LogP contribution in [0.2, 0.25) is 0 Å². The maximum absolute atomic E-state index is 12.6. The predicted molar refractivity (Wildman–Crippen MR) is 110 cm³/mol. The molecule has 2 aromatic carbocycles. The first-order valence-electron chi connectivity index (χ1n) is 9.27. The summed E-state index contributed by atoms with van der Waals surface area (Å²) < 4.78 is 1.41. The molecule has 1 atom stereocenters. The minimum absolute atomic E-state index is 0.107. The third kappa shape index (κ3) is 4.60. The first-order chi connectivity index (χ1) is 13.9. The molecule has 8 heteroatoms. The van der Waals surface area contributed by atoms with Crippen molar-refractivity contribution >= 4 is 34.3 Å². The zero-order valence-corrected chi connectivity index (χ0v) is 16.3. The molecule has 1 heterocycles. The highest BCUT2D eigenvalue weighted by molar-refractivity contribution is 6.04. The van der Waals surface area contributed by atoms with Gasteiger partial charge < -0.3 is 16.4 Å². The van der Waals surface area contributed by atoms with Crippen molar-refractivity contribution in [2.75, 3.05) is 5.32 Å². The van der Waals surface area contributed by atoms with Crippen LogP contribution in [0, 0.1) is 5.92 Å². The second kappa shape index (κ2) is 8.55. The largest absolute Gasteiger partial charge is 0.364 e. The summed E-state index contributed by atoms with van der Waals surface area (Å²) in [6.45, 7) is 3.56. The van der Waals surface area contributed by atoms with E-state index in [9.17, 15) is 14.4 Å². The Morgan fingerprint density at radius 3 is 2.34 bits per heavy atom. The molecule has 8 nitrogen and oxygen atoms in total. The Morgan fingerprint density at radius 2 is 1.69 bits per heavy atom. The molecule has 3 aromatic rings. The Bertz CT molecular complexity index is 1040. The van der Waals surface area contributed by atoms with Gasteiger partial charge in [-0.3, -0.25) is 19.1 Å². The number of hydrogen-bond acceptors (Lipinski definition) is 4. The molecule has 0 aliphatic carbocycles. The number of nitrogens with one attached hydrogen (secondary N) is 2. The maximum Gasteiger partial charge on any atom is 0.269 e. The second-order valence-corrected chi connectivity index (χ2v) is 7.03. The number of aromatic nitrogens is 2. The summed E-state index contributed by atoms with van der Waals surface area (Å²) in [6, 6.07) is 15.3. The molecule has 0 radical (unpaired) electrons.